The molecule has 1 atom stereocenters. The van der Waals surface area contributed by atoms with Crippen LogP contribution in [-0.2, 0) is 6.42 Å². The second-order valence-electron chi connectivity index (χ2n) is 9.04. The van der Waals surface area contributed by atoms with Crippen LogP contribution in [0.25, 0.3) is 10.9 Å². The second kappa shape index (κ2) is 8.92. The van der Waals surface area contributed by atoms with E-state index in [1.54, 1.807) is 0 Å². The highest BCUT2D eigenvalue weighted by Gasteiger charge is 2.31. The third-order valence-corrected chi connectivity index (χ3v) is 6.46. The maximum Gasteiger partial charge on any atom is 0.224 e. The van der Waals surface area contributed by atoms with E-state index in [2.05, 4.69) is 23.8 Å². The quantitative estimate of drug-likeness (QED) is 0.733. The van der Waals surface area contributed by atoms with Gasteiger partial charge in [0.2, 0.25) is 5.88 Å². The minimum absolute atomic E-state index is 0.0145. The smallest absolute Gasteiger partial charge is 0.224 e. The first kappa shape index (κ1) is 20.5. The fourth-order valence-corrected chi connectivity index (χ4v) is 4.63. The molecule has 2 aromatic rings. The summed E-state index contributed by atoms with van der Waals surface area (Å²) in [5, 5.41) is 20.3. The Balaban J connectivity index is 1.66. The molecular formula is C23H33N3O3. The second-order valence-corrected chi connectivity index (χ2v) is 9.04. The molecule has 0 amide bonds. The van der Waals surface area contributed by atoms with Gasteiger partial charge in [-0.25, -0.2) is 15.0 Å². The van der Waals surface area contributed by atoms with Gasteiger partial charge in [0.15, 0.2) is 0 Å². The standard InChI is InChI=1S/C23H33N3O3/c1-3-4-14(2)9-21-24-13-20-22(26-21)19(15-5-7-16(27)8-6-15)12-25-23(20)29-18-10-17(28)11-18/h12-18,27-28H,3-11H2,1-2H3. The number of nitrogens with zero attached hydrogens (tertiary/aromatic N) is 3. The number of pyridine rings is 1. The van der Waals surface area contributed by atoms with Crippen LogP contribution < -0.4 is 4.74 Å². The van der Waals surface area contributed by atoms with Crippen LogP contribution in [0.5, 0.6) is 5.88 Å². The zero-order valence-corrected chi connectivity index (χ0v) is 17.5. The zero-order chi connectivity index (χ0) is 20.4. The molecule has 2 N–H and O–H groups in total. The summed E-state index contributed by atoms with van der Waals surface area (Å²) in [6.45, 7) is 4.46. The molecule has 2 aromatic heterocycles. The number of aliphatic hydroxyl groups is 2. The van der Waals surface area contributed by atoms with Gasteiger partial charge in [0.25, 0.3) is 0 Å². The topological polar surface area (TPSA) is 88.4 Å². The van der Waals surface area contributed by atoms with Crippen molar-refractivity contribution in [3.8, 4) is 5.88 Å². The number of aromatic nitrogens is 3. The Morgan fingerprint density at radius 1 is 1.07 bits per heavy atom. The monoisotopic (exact) mass is 399 g/mol. The molecule has 0 radical (unpaired) electrons. The molecule has 4 rings (SSSR count). The number of rotatable bonds is 7. The Kier molecular flexibility index (Phi) is 6.30. The first-order valence-corrected chi connectivity index (χ1v) is 11.2. The maximum atomic E-state index is 9.90. The Hall–Kier alpha value is -1.79. The average molecular weight is 400 g/mol. The van der Waals surface area contributed by atoms with Crippen molar-refractivity contribution in [1.82, 2.24) is 15.0 Å². The molecule has 2 saturated carbocycles. The van der Waals surface area contributed by atoms with Gasteiger partial charge in [0, 0.05) is 37.2 Å². The zero-order valence-electron chi connectivity index (χ0n) is 17.5. The summed E-state index contributed by atoms with van der Waals surface area (Å²) in [5.41, 5.74) is 2.10. The third-order valence-electron chi connectivity index (χ3n) is 6.46. The Morgan fingerprint density at radius 3 is 2.52 bits per heavy atom. The van der Waals surface area contributed by atoms with Crippen molar-refractivity contribution in [3.63, 3.8) is 0 Å². The highest BCUT2D eigenvalue weighted by Crippen LogP contribution is 2.38. The Labute approximate surface area is 172 Å². The van der Waals surface area contributed by atoms with Crippen molar-refractivity contribution in [3.05, 3.63) is 23.8 Å². The van der Waals surface area contributed by atoms with Crippen LogP contribution in [0.4, 0.5) is 0 Å². The first-order chi connectivity index (χ1) is 14.0. The largest absolute Gasteiger partial charge is 0.474 e. The van der Waals surface area contributed by atoms with Crippen LogP contribution in [0.2, 0.25) is 0 Å². The molecular weight excluding hydrogens is 366 g/mol. The molecule has 2 aliphatic carbocycles. The summed E-state index contributed by atoms with van der Waals surface area (Å²) in [4.78, 5) is 14.2. The summed E-state index contributed by atoms with van der Waals surface area (Å²) in [7, 11) is 0. The number of fused-ring (bicyclic) bond motifs is 1. The molecule has 0 aromatic carbocycles. The molecule has 29 heavy (non-hydrogen) atoms. The lowest BCUT2D eigenvalue weighted by atomic mass is 9.82. The van der Waals surface area contributed by atoms with Crippen molar-refractivity contribution in [2.24, 2.45) is 5.92 Å². The van der Waals surface area contributed by atoms with E-state index in [0.29, 0.717) is 30.6 Å². The van der Waals surface area contributed by atoms with Gasteiger partial charge in [-0.2, -0.15) is 0 Å². The number of aliphatic hydroxyl groups excluding tert-OH is 2. The minimum atomic E-state index is -0.262. The number of hydrogen-bond donors (Lipinski definition) is 2. The minimum Gasteiger partial charge on any atom is -0.474 e. The van der Waals surface area contributed by atoms with Crippen molar-refractivity contribution in [1.29, 1.82) is 0 Å². The lowest BCUT2D eigenvalue weighted by Gasteiger charge is -2.31. The predicted octanol–water partition coefficient (Wildman–Crippen LogP) is 3.92. The predicted molar refractivity (Wildman–Crippen MR) is 112 cm³/mol. The highest BCUT2D eigenvalue weighted by molar-refractivity contribution is 5.85. The number of ether oxygens (including phenoxy) is 1. The van der Waals surface area contributed by atoms with Crippen molar-refractivity contribution in [2.75, 3.05) is 0 Å². The van der Waals surface area contributed by atoms with E-state index in [0.717, 1.165) is 54.4 Å². The summed E-state index contributed by atoms with van der Waals surface area (Å²) < 4.78 is 6.06. The SMILES string of the molecule is CCCC(C)Cc1ncc2c(OC3CC(O)C3)ncc(C3CCC(O)CC3)c2n1. The molecule has 0 saturated heterocycles. The van der Waals surface area contributed by atoms with Crippen LogP contribution in [0.3, 0.4) is 0 Å². The molecule has 0 aliphatic heterocycles. The van der Waals surface area contributed by atoms with Crippen molar-refractivity contribution >= 4 is 10.9 Å². The molecule has 0 spiro atoms. The molecule has 158 valence electrons. The lowest BCUT2D eigenvalue weighted by Crippen LogP contribution is -2.37. The van der Waals surface area contributed by atoms with Gasteiger partial charge in [-0.1, -0.05) is 26.7 Å². The van der Waals surface area contributed by atoms with Crippen LogP contribution in [0.15, 0.2) is 12.4 Å². The Bertz CT molecular complexity index is 829. The fourth-order valence-electron chi connectivity index (χ4n) is 4.63. The van der Waals surface area contributed by atoms with E-state index >= 15 is 0 Å². The van der Waals surface area contributed by atoms with Crippen molar-refractivity contribution < 1.29 is 14.9 Å². The normalized spacial score (nSPS) is 28.1. The molecule has 0 bridgehead atoms. The molecule has 6 heteroatoms. The van der Waals surface area contributed by atoms with Crippen LogP contribution >= 0.6 is 0 Å². The fraction of sp³-hybridized carbons (Fsp3) is 0.696. The van der Waals surface area contributed by atoms with E-state index in [1.807, 2.05) is 12.4 Å². The van der Waals surface area contributed by atoms with E-state index in [4.69, 9.17) is 9.72 Å². The highest BCUT2D eigenvalue weighted by atomic mass is 16.5. The van der Waals surface area contributed by atoms with Gasteiger partial charge in [0.1, 0.15) is 11.9 Å². The molecule has 6 nitrogen and oxygen atoms in total. The third kappa shape index (κ3) is 4.69. The average Bonchev–Trinajstić information content (AvgIpc) is 2.68. The summed E-state index contributed by atoms with van der Waals surface area (Å²) in [6.07, 6.45) is 11.4. The molecule has 2 heterocycles. The van der Waals surface area contributed by atoms with Crippen LogP contribution in [0, 0.1) is 5.92 Å². The van der Waals surface area contributed by atoms with E-state index < -0.39 is 0 Å². The Morgan fingerprint density at radius 2 is 1.83 bits per heavy atom. The van der Waals surface area contributed by atoms with E-state index in [9.17, 15) is 10.2 Å². The summed E-state index contributed by atoms with van der Waals surface area (Å²) in [5.74, 6) is 2.37. The lowest BCUT2D eigenvalue weighted by molar-refractivity contribution is -0.0120. The van der Waals surface area contributed by atoms with Crippen molar-refractivity contribution in [2.45, 2.75) is 95.9 Å². The van der Waals surface area contributed by atoms with Crippen LogP contribution in [0.1, 0.15) is 82.5 Å². The van der Waals surface area contributed by atoms with E-state index in [-0.39, 0.29) is 18.3 Å². The summed E-state index contributed by atoms with van der Waals surface area (Å²) in [6, 6.07) is 0. The van der Waals surface area contributed by atoms with Gasteiger partial charge in [-0.3, -0.25) is 0 Å². The number of hydrogen-bond acceptors (Lipinski definition) is 6. The first-order valence-electron chi connectivity index (χ1n) is 11.2. The maximum absolute atomic E-state index is 9.90. The van der Waals surface area contributed by atoms with Gasteiger partial charge in [0.05, 0.1) is 23.1 Å². The van der Waals surface area contributed by atoms with Gasteiger partial charge in [-0.15, -0.1) is 0 Å². The van der Waals surface area contributed by atoms with Gasteiger partial charge in [-0.05, 0) is 37.5 Å². The van der Waals surface area contributed by atoms with Crippen LogP contribution in [-0.4, -0.2) is 43.5 Å². The molecule has 2 fully saturated rings. The van der Waals surface area contributed by atoms with Gasteiger partial charge >= 0.3 is 0 Å². The molecule has 1 unspecified atom stereocenters. The summed E-state index contributed by atoms with van der Waals surface area (Å²) >= 11 is 0. The van der Waals surface area contributed by atoms with E-state index in [1.165, 1.54) is 12.8 Å². The molecule has 2 aliphatic rings. The van der Waals surface area contributed by atoms with Gasteiger partial charge < -0.3 is 14.9 Å².